The van der Waals surface area contributed by atoms with Gasteiger partial charge in [-0.05, 0) is 24.8 Å². The highest BCUT2D eigenvalue weighted by Crippen LogP contribution is 2.20. The third-order valence-corrected chi connectivity index (χ3v) is 3.03. The first-order chi connectivity index (χ1) is 7.82. The number of amides is 1. The Kier molecular flexibility index (Phi) is 4.51. The van der Waals surface area contributed by atoms with Crippen LogP contribution in [0.5, 0.6) is 0 Å². The van der Waals surface area contributed by atoms with E-state index < -0.39 is 17.4 Å². The van der Waals surface area contributed by atoms with Crippen molar-refractivity contribution < 1.29 is 14.7 Å². The quantitative estimate of drug-likeness (QED) is 0.682. The van der Waals surface area contributed by atoms with Gasteiger partial charge < -0.3 is 15.7 Å². The number of piperidine rings is 1. The molecule has 2 unspecified atom stereocenters. The molecule has 5 nitrogen and oxygen atoms in total. The van der Waals surface area contributed by atoms with Gasteiger partial charge in [-0.3, -0.25) is 4.79 Å². The van der Waals surface area contributed by atoms with Crippen molar-refractivity contribution in [3.63, 3.8) is 0 Å². The standard InChI is InChI=1S/C12H22N2O3/c1-12(2,3)9(11(16)17)14-10(15)8-6-4-5-7-13-8/h8-9,13H,4-7H2,1-3H3,(H,14,15)(H,16,17). The molecule has 0 spiro atoms. The van der Waals surface area contributed by atoms with Gasteiger partial charge in [0, 0.05) is 0 Å². The summed E-state index contributed by atoms with van der Waals surface area (Å²) in [5.74, 6) is -1.19. The van der Waals surface area contributed by atoms with Crippen LogP contribution < -0.4 is 10.6 Å². The van der Waals surface area contributed by atoms with E-state index in [1.165, 1.54) is 0 Å². The lowest BCUT2D eigenvalue weighted by Crippen LogP contribution is -2.55. The van der Waals surface area contributed by atoms with Gasteiger partial charge in [-0.15, -0.1) is 0 Å². The molecule has 0 aromatic carbocycles. The minimum Gasteiger partial charge on any atom is -0.480 e. The summed E-state index contributed by atoms with van der Waals surface area (Å²) >= 11 is 0. The lowest BCUT2D eigenvalue weighted by molar-refractivity contribution is -0.145. The highest BCUT2D eigenvalue weighted by molar-refractivity contribution is 5.87. The lowest BCUT2D eigenvalue weighted by atomic mass is 9.86. The van der Waals surface area contributed by atoms with Crippen LogP contribution in [-0.4, -0.2) is 35.6 Å². The Morgan fingerprint density at radius 3 is 2.41 bits per heavy atom. The lowest BCUT2D eigenvalue weighted by Gasteiger charge is -2.30. The Hall–Kier alpha value is -1.10. The third-order valence-electron chi connectivity index (χ3n) is 3.03. The predicted molar refractivity (Wildman–Crippen MR) is 64.7 cm³/mol. The minimum absolute atomic E-state index is 0.202. The van der Waals surface area contributed by atoms with Gasteiger partial charge in [-0.25, -0.2) is 4.79 Å². The number of carboxylic acids is 1. The summed E-state index contributed by atoms with van der Waals surface area (Å²) in [4.78, 5) is 23.1. The van der Waals surface area contributed by atoms with Crippen molar-refractivity contribution in [1.29, 1.82) is 0 Å². The van der Waals surface area contributed by atoms with Crippen LogP contribution >= 0.6 is 0 Å². The summed E-state index contributed by atoms with van der Waals surface area (Å²) in [6.07, 6.45) is 2.87. The molecule has 0 saturated carbocycles. The Bertz CT molecular complexity index is 291. The summed E-state index contributed by atoms with van der Waals surface area (Å²) in [6, 6.07) is -1.09. The van der Waals surface area contributed by atoms with Crippen LogP contribution in [0, 0.1) is 5.41 Å². The maximum Gasteiger partial charge on any atom is 0.326 e. The number of hydrogen-bond donors (Lipinski definition) is 3. The minimum atomic E-state index is -0.985. The van der Waals surface area contributed by atoms with E-state index in [1.807, 2.05) is 0 Å². The molecule has 0 radical (unpaired) electrons. The number of carbonyl (C=O) groups excluding carboxylic acids is 1. The van der Waals surface area contributed by atoms with Crippen molar-refractivity contribution in [3.8, 4) is 0 Å². The fraction of sp³-hybridized carbons (Fsp3) is 0.833. The van der Waals surface area contributed by atoms with E-state index in [9.17, 15) is 9.59 Å². The van der Waals surface area contributed by atoms with Crippen molar-refractivity contribution >= 4 is 11.9 Å². The van der Waals surface area contributed by atoms with Gasteiger partial charge in [0.1, 0.15) is 6.04 Å². The highest BCUT2D eigenvalue weighted by Gasteiger charge is 2.34. The zero-order valence-corrected chi connectivity index (χ0v) is 10.7. The molecular weight excluding hydrogens is 220 g/mol. The Morgan fingerprint density at radius 1 is 1.35 bits per heavy atom. The molecular formula is C12H22N2O3. The summed E-state index contributed by atoms with van der Waals surface area (Å²) in [7, 11) is 0. The average Bonchev–Trinajstić information content (AvgIpc) is 2.24. The molecule has 3 N–H and O–H groups in total. The van der Waals surface area contributed by atoms with Crippen LogP contribution in [0.1, 0.15) is 40.0 Å². The molecule has 0 aromatic heterocycles. The Balaban J connectivity index is 2.60. The Labute approximate surface area is 102 Å². The van der Waals surface area contributed by atoms with Crippen LogP contribution in [0.3, 0.4) is 0 Å². The largest absolute Gasteiger partial charge is 0.480 e. The normalized spacial score (nSPS) is 22.9. The number of hydrogen-bond acceptors (Lipinski definition) is 3. The first-order valence-electron chi connectivity index (χ1n) is 6.09. The van der Waals surface area contributed by atoms with E-state index in [4.69, 9.17) is 5.11 Å². The molecule has 2 atom stereocenters. The van der Waals surface area contributed by atoms with Crippen LogP contribution in [0.2, 0.25) is 0 Å². The zero-order valence-electron chi connectivity index (χ0n) is 10.7. The molecule has 1 fully saturated rings. The molecule has 1 aliphatic heterocycles. The zero-order chi connectivity index (χ0) is 13.1. The molecule has 1 aliphatic rings. The van der Waals surface area contributed by atoms with Gasteiger partial charge in [0.2, 0.25) is 5.91 Å². The van der Waals surface area contributed by atoms with Crippen molar-refractivity contribution in [3.05, 3.63) is 0 Å². The van der Waals surface area contributed by atoms with Crippen molar-refractivity contribution in [2.45, 2.75) is 52.1 Å². The number of aliphatic carboxylic acids is 1. The smallest absolute Gasteiger partial charge is 0.326 e. The third kappa shape index (κ3) is 4.00. The molecule has 5 heteroatoms. The summed E-state index contributed by atoms with van der Waals surface area (Å²) in [5.41, 5.74) is -0.490. The van der Waals surface area contributed by atoms with E-state index in [0.29, 0.717) is 0 Å². The second kappa shape index (κ2) is 5.49. The van der Waals surface area contributed by atoms with Gasteiger partial charge in [0.15, 0.2) is 0 Å². The predicted octanol–water partition coefficient (Wildman–Crippen LogP) is 0.744. The number of rotatable bonds is 3. The fourth-order valence-electron chi connectivity index (χ4n) is 1.97. The van der Waals surface area contributed by atoms with Crippen molar-refractivity contribution in [2.75, 3.05) is 6.54 Å². The molecule has 1 heterocycles. The van der Waals surface area contributed by atoms with Gasteiger partial charge in [-0.2, -0.15) is 0 Å². The van der Waals surface area contributed by atoms with Crippen molar-refractivity contribution in [1.82, 2.24) is 10.6 Å². The summed E-state index contributed by atoms with van der Waals surface area (Å²) < 4.78 is 0. The Morgan fingerprint density at radius 2 is 2.00 bits per heavy atom. The van der Waals surface area contributed by atoms with Crippen LogP contribution in [0.15, 0.2) is 0 Å². The first kappa shape index (κ1) is 14.0. The van der Waals surface area contributed by atoms with E-state index in [0.717, 1.165) is 25.8 Å². The number of nitrogens with one attached hydrogen (secondary N) is 2. The van der Waals surface area contributed by atoms with Gasteiger partial charge >= 0.3 is 5.97 Å². The SMILES string of the molecule is CC(C)(C)C(NC(=O)C1CCCCN1)C(=O)O. The van der Waals surface area contributed by atoms with E-state index in [-0.39, 0.29) is 11.9 Å². The molecule has 1 rings (SSSR count). The van der Waals surface area contributed by atoms with Crippen LogP contribution in [0.4, 0.5) is 0 Å². The average molecular weight is 242 g/mol. The molecule has 0 aliphatic carbocycles. The fourth-order valence-corrected chi connectivity index (χ4v) is 1.97. The number of carbonyl (C=O) groups is 2. The monoisotopic (exact) mass is 242 g/mol. The van der Waals surface area contributed by atoms with Crippen LogP contribution in [-0.2, 0) is 9.59 Å². The first-order valence-corrected chi connectivity index (χ1v) is 6.09. The van der Waals surface area contributed by atoms with E-state index >= 15 is 0 Å². The maximum atomic E-state index is 11.9. The second-order valence-electron chi connectivity index (χ2n) is 5.65. The topological polar surface area (TPSA) is 78.4 Å². The van der Waals surface area contributed by atoms with Gasteiger partial charge in [0.25, 0.3) is 0 Å². The molecule has 0 aromatic rings. The summed E-state index contributed by atoms with van der Waals surface area (Å²) in [5, 5.41) is 14.9. The molecule has 0 bridgehead atoms. The molecule has 1 saturated heterocycles. The van der Waals surface area contributed by atoms with E-state index in [2.05, 4.69) is 10.6 Å². The van der Waals surface area contributed by atoms with Gasteiger partial charge in [0.05, 0.1) is 6.04 Å². The summed E-state index contributed by atoms with van der Waals surface area (Å²) in [6.45, 7) is 6.24. The number of carboxylic acid groups (broad SMARTS) is 1. The highest BCUT2D eigenvalue weighted by atomic mass is 16.4. The molecule has 1 amide bonds. The maximum absolute atomic E-state index is 11.9. The second-order valence-corrected chi connectivity index (χ2v) is 5.65. The molecule has 17 heavy (non-hydrogen) atoms. The van der Waals surface area contributed by atoms with E-state index in [1.54, 1.807) is 20.8 Å². The van der Waals surface area contributed by atoms with Crippen molar-refractivity contribution in [2.24, 2.45) is 5.41 Å². The van der Waals surface area contributed by atoms with Crippen LogP contribution in [0.25, 0.3) is 0 Å². The molecule has 98 valence electrons. The van der Waals surface area contributed by atoms with Gasteiger partial charge in [-0.1, -0.05) is 27.2 Å².